The molecule has 5 nitrogen and oxygen atoms in total. The quantitative estimate of drug-likeness (QED) is 0.514. The number of carbonyl (C=O) groups is 1. The molecule has 0 saturated heterocycles. The maximum Gasteiger partial charge on any atom is 0.243 e. The molecule has 0 bridgehead atoms. The number of aromatic nitrogens is 3. The summed E-state index contributed by atoms with van der Waals surface area (Å²) in [5.74, 6) is 0.394. The number of imidazole rings is 1. The van der Waals surface area contributed by atoms with Gasteiger partial charge in [-0.3, -0.25) is 14.2 Å². The van der Waals surface area contributed by atoms with E-state index in [9.17, 15) is 4.79 Å². The van der Waals surface area contributed by atoms with Crippen molar-refractivity contribution in [2.45, 2.75) is 12.8 Å². The van der Waals surface area contributed by atoms with Crippen molar-refractivity contribution in [2.75, 3.05) is 6.61 Å². The van der Waals surface area contributed by atoms with Crippen molar-refractivity contribution in [1.29, 1.82) is 0 Å². The Hall–Kier alpha value is -2.69. The van der Waals surface area contributed by atoms with Crippen LogP contribution in [-0.4, -0.2) is 27.3 Å². The number of pyridine rings is 2. The van der Waals surface area contributed by atoms with Gasteiger partial charge < -0.3 is 4.74 Å². The predicted octanol–water partition coefficient (Wildman–Crippen LogP) is 2.55. The molecule has 0 aromatic carbocycles. The molecule has 0 amide bonds. The summed E-state index contributed by atoms with van der Waals surface area (Å²) in [5.41, 5.74) is 2.39. The van der Waals surface area contributed by atoms with Gasteiger partial charge in [0, 0.05) is 18.6 Å². The first-order valence-corrected chi connectivity index (χ1v) is 6.82. The molecule has 0 aliphatic heterocycles. The Morgan fingerprint density at radius 1 is 1.19 bits per heavy atom. The molecule has 5 heteroatoms. The number of rotatable bonds is 6. The second-order valence-electron chi connectivity index (χ2n) is 4.66. The Balaban J connectivity index is 1.64. The molecule has 3 rings (SSSR count). The molecule has 3 heterocycles. The number of hydrogen-bond acceptors (Lipinski definition) is 4. The van der Waals surface area contributed by atoms with E-state index in [4.69, 9.17) is 4.74 Å². The Morgan fingerprint density at radius 2 is 2.05 bits per heavy atom. The van der Waals surface area contributed by atoms with Gasteiger partial charge in [0.15, 0.2) is 6.29 Å². The molecule has 0 N–H and O–H groups in total. The Morgan fingerprint density at radius 3 is 2.86 bits per heavy atom. The highest BCUT2D eigenvalue weighted by molar-refractivity contribution is 5.78. The van der Waals surface area contributed by atoms with Crippen LogP contribution in [0, 0.1) is 0 Å². The van der Waals surface area contributed by atoms with Gasteiger partial charge in [-0.15, -0.1) is 0 Å². The van der Waals surface area contributed by atoms with Crippen molar-refractivity contribution in [1.82, 2.24) is 14.4 Å². The lowest BCUT2D eigenvalue weighted by Gasteiger charge is -2.03. The Bertz CT molecular complexity index is 738. The molecule has 0 spiro atoms. The van der Waals surface area contributed by atoms with Crippen LogP contribution in [0.2, 0.25) is 0 Å². The van der Waals surface area contributed by atoms with Gasteiger partial charge in [0.05, 0.1) is 6.61 Å². The summed E-state index contributed by atoms with van der Waals surface area (Å²) in [5, 5.41) is 0. The van der Waals surface area contributed by atoms with Crippen LogP contribution in [0.25, 0.3) is 5.65 Å². The van der Waals surface area contributed by atoms with Crippen molar-refractivity contribution in [3.05, 3.63) is 60.2 Å². The standard InChI is InChI=1S/C16H15N3O2/c20-12-14-16(18-15-5-1-2-10-19(14)15)21-11-3-4-13-6-8-17-9-7-13/h1-2,5-10,12H,3-4,11H2. The van der Waals surface area contributed by atoms with E-state index in [0.717, 1.165) is 19.1 Å². The van der Waals surface area contributed by atoms with E-state index in [0.29, 0.717) is 23.8 Å². The van der Waals surface area contributed by atoms with Crippen LogP contribution in [0.3, 0.4) is 0 Å². The van der Waals surface area contributed by atoms with Gasteiger partial charge in [-0.25, -0.2) is 0 Å². The predicted molar refractivity (Wildman–Crippen MR) is 78.6 cm³/mol. The fraction of sp³-hybridized carbons (Fsp3) is 0.188. The van der Waals surface area contributed by atoms with Crippen LogP contribution in [0.5, 0.6) is 5.88 Å². The first kappa shape index (κ1) is 13.3. The van der Waals surface area contributed by atoms with Crippen LogP contribution >= 0.6 is 0 Å². The summed E-state index contributed by atoms with van der Waals surface area (Å²) in [6.45, 7) is 0.521. The van der Waals surface area contributed by atoms with Crippen molar-refractivity contribution in [2.24, 2.45) is 0 Å². The number of aryl methyl sites for hydroxylation is 1. The number of carbonyl (C=O) groups excluding carboxylic acids is 1. The summed E-state index contributed by atoms with van der Waals surface area (Å²) in [7, 11) is 0. The third kappa shape index (κ3) is 2.91. The van der Waals surface area contributed by atoms with E-state index in [2.05, 4.69) is 9.97 Å². The number of ether oxygens (including phenoxy) is 1. The molecule has 0 radical (unpaired) electrons. The molecule has 106 valence electrons. The van der Waals surface area contributed by atoms with Gasteiger partial charge in [0.1, 0.15) is 11.3 Å². The van der Waals surface area contributed by atoms with Crippen molar-refractivity contribution < 1.29 is 9.53 Å². The van der Waals surface area contributed by atoms with E-state index in [1.54, 1.807) is 23.0 Å². The minimum atomic E-state index is 0.394. The minimum absolute atomic E-state index is 0.394. The molecular formula is C16H15N3O2. The largest absolute Gasteiger partial charge is 0.476 e. The molecule has 0 aliphatic carbocycles. The fourth-order valence-corrected chi connectivity index (χ4v) is 2.20. The van der Waals surface area contributed by atoms with Crippen LogP contribution in [0.1, 0.15) is 22.5 Å². The fourth-order valence-electron chi connectivity index (χ4n) is 2.20. The lowest BCUT2D eigenvalue weighted by molar-refractivity contribution is 0.111. The summed E-state index contributed by atoms with van der Waals surface area (Å²) >= 11 is 0. The lowest BCUT2D eigenvalue weighted by atomic mass is 10.1. The number of fused-ring (bicyclic) bond motifs is 1. The molecule has 3 aromatic rings. The molecule has 0 saturated carbocycles. The number of hydrogen-bond donors (Lipinski definition) is 0. The van der Waals surface area contributed by atoms with Crippen LogP contribution in [0.15, 0.2) is 48.9 Å². The second kappa shape index (κ2) is 6.17. The smallest absolute Gasteiger partial charge is 0.243 e. The minimum Gasteiger partial charge on any atom is -0.476 e. The highest BCUT2D eigenvalue weighted by Crippen LogP contribution is 2.18. The summed E-state index contributed by atoms with van der Waals surface area (Å²) in [4.78, 5) is 19.5. The molecule has 0 atom stereocenters. The Labute approximate surface area is 122 Å². The second-order valence-corrected chi connectivity index (χ2v) is 4.66. The molecule has 0 fully saturated rings. The molecular weight excluding hydrogens is 266 g/mol. The molecule has 0 unspecified atom stereocenters. The van der Waals surface area contributed by atoms with Gasteiger partial charge in [-0.1, -0.05) is 6.07 Å². The van der Waals surface area contributed by atoms with Gasteiger partial charge in [-0.05, 0) is 42.7 Å². The van der Waals surface area contributed by atoms with Gasteiger partial charge >= 0.3 is 0 Å². The van der Waals surface area contributed by atoms with E-state index in [1.807, 2.05) is 30.3 Å². The maximum atomic E-state index is 11.2. The summed E-state index contributed by atoms with van der Waals surface area (Å²) in [6.07, 6.45) is 7.90. The van der Waals surface area contributed by atoms with Crippen LogP contribution in [-0.2, 0) is 6.42 Å². The average molecular weight is 281 g/mol. The van der Waals surface area contributed by atoms with E-state index in [-0.39, 0.29) is 0 Å². The highest BCUT2D eigenvalue weighted by Gasteiger charge is 2.11. The Kier molecular flexibility index (Phi) is 3.91. The normalized spacial score (nSPS) is 10.7. The SMILES string of the molecule is O=Cc1c(OCCCc2ccncc2)nc2ccccn12. The van der Waals surface area contributed by atoms with Gasteiger partial charge in [0.2, 0.25) is 5.88 Å². The van der Waals surface area contributed by atoms with E-state index in [1.165, 1.54) is 5.56 Å². The third-order valence-electron chi connectivity index (χ3n) is 3.24. The average Bonchev–Trinajstić information content (AvgIpc) is 2.90. The zero-order valence-electron chi connectivity index (χ0n) is 11.5. The van der Waals surface area contributed by atoms with Gasteiger partial charge in [-0.2, -0.15) is 4.98 Å². The molecule has 3 aromatic heterocycles. The first-order chi connectivity index (χ1) is 10.4. The monoisotopic (exact) mass is 281 g/mol. The van der Waals surface area contributed by atoms with Crippen molar-refractivity contribution >= 4 is 11.9 Å². The number of aldehydes is 1. The van der Waals surface area contributed by atoms with Crippen LogP contribution < -0.4 is 4.74 Å². The maximum absolute atomic E-state index is 11.2. The van der Waals surface area contributed by atoms with Crippen molar-refractivity contribution in [3.63, 3.8) is 0 Å². The zero-order valence-corrected chi connectivity index (χ0v) is 11.5. The van der Waals surface area contributed by atoms with Crippen molar-refractivity contribution in [3.8, 4) is 5.88 Å². The van der Waals surface area contributed by atoms with Crippen LogP contribution in [0.4, 0.5) is 0 Å². The summed E-state index contributed by atoms with van der Waals surface area (Å²) in [6, 6.07) is 9.55. The zero-order chi connectivity index (χ0) is 14.5. The topological polar surface area (TPSA) is 56.5 Å². The highest BCUT2D eigenvalue weighted by atomic mass is 16.5. The first-order valence-electron chi connectivity index (χ1n) is 6.82. The lowest BCUT2D eigenvalue weighted by Crippen LogP contribution is -2.02. The summed E-state index contributed by atoms with van der Waals surface area (Å²) < 4.78 is 7.38. The third-order valence-corrected chi connectivity index (χ3v) is 3.24. The van der Waals surface area contributed by atoms with Gasteiger partial charge in [0.25, 0.3) is 0 Å². The molecule has 21 heavy (non-hydrogen) atoms. The van der Waals surface area contributed by atoms with E-state index >= 15 is 0 Å². The number of nitrogens with zero attached hydrogens (tertiary/aromatic N) is 3. The molecule has 0 aliphatic rings. The van der Waals surface area contributed by atoms with E-state index < -0.39 is 0 Å².